The number of rotatable bonds is 6. The summed E-state index contributed by atoms with van der Waals surface area (Å²) in [5, 5.41) is 3.10. The topological polar surface area (TPSA) is 73.3 Å². The number of aromatic nitrogens is 2. The highest BCUT2D eigenvalue weighted by atomic mass is 16.5. The molecule has 3 aromatic rings. The van der Waals surface area contributed by atoms with Crippen LogP contribution in [0, 0.1) is 0 Å². The maximum Gasteiger partial charge on any atom is 0.223 e. The Morgan fingerprint density at radius 3 is 2.57 bits per heavy atom. The first-order chi connectivity index (χ1) is 10.4. The zero-order valence-corrected chi connectivity index (χ0v) is 11.6. The standard InChI is InChI=1S/C15H15N3O3/c1-19-9-6-16-15-17-10-11(12-4-2-7-20-12)14(18-15)13-5-3-8-21-13/h2-5,7-8,10H,6,9H2,1H3,(H,16,17,18). The van der Waals surface area contributed by atoms with Crippen molar-refractivity contribution in [2.75, 3.05) is 25.6 Å². The molecule has 0 unspecified atom stereocenters. The Hall–Kier alpha value is -2.60. The maximum atomic E-state index is 5.45. The van der Waals surface area contributed by atoms with Gasteiger partial charge in [0.05, 0.1) is 24.7 Å². The molecule has 0 bridgehead atoms. The van der Waals surface area contributed by atoms with Crippen LogP contribution in [-0.2, 0) is 4.74 Å². The van der Waals surface area contributed by atoms with Crippen LogP contribution >= 0.6 is 0 Å². The molecule has 3 rings (SSSR count). The van der Waals surface area contributed by atoms with Crippen molar-refractivity contribution in [2.45, 2.75) is 0 Å². The van der Waals surface area contributed by atoms with E-state index in [1.165, 1.54) is 0 Å². The number of hydrogen-bond acceptors (Lipinski definition) is 6. The third kappa shape index (κ3) is 2.95. The summed E-state index contributed by atoms with van der Waals surface area (Å²) in [7, 11) is 1.65. The summed E-state index contributed by atoms with van der Waals surface area (Å²) in [5.74, 6) is 1.89. The Labute approximate surface area is 121 Å². The minimum Gasteiger partial charge on any atom is -0.464 e. The molecule has 0 aliphatic rings. The molecule has 6 heteroatoms. The van der Waals surface area contributed by atoms with Gasteiger partial charge >= 0.3 is 0 Å². The van der Waals surface area contributed by atoms with Crippen molar-refractivity contribution < 1.29 is 13.6 Å². The molecule has 0 aromatic carbocycles. The van der Waals surface area contributed by atoms with E-state index < -0.39 is 0 Å². The van der Waals surface area contributed by atoms with Crippen molar-refractivity contribution in [1.29, 1.82) is 0 Å². The van der Waals surface area contributed by atoms with Crippen LogP contribution in [0.3, 0.4) is 0 Å². The zero-order chi connectivity index (χ0) is 14.5. The second-order valence-corrected chi connectivity index (χ2v) is 4.33. The molecule has 0 saturated heterocycles. The maximum absolute atomic E-state index is 5.45. The Morgan fingerprint density at radius 2 is 1.90 bits per heavy atom. The third-order valence-corrected chi connectivity index (χ3v) is 2.92. The van der Waals surface area contributed by atoms with Gasteiger partial charge in [-0.15, -0.1) is 0 Å². The molecule has 21 heavy (non-hydrogen) atoms. The number of hydrogen-bond donors (Lipinski definition) is 1. The van der Waals surface area contributed by atoms with E-state index in [4.69, 9.17) is 13.6 Å². The predicted molar refractivity (Wildman–Crippen MR) is 77.8 cm³/mol. The lowest BCUT2D eigenvalue weighted by Gasteiger charge is -2.08. The average molecular weight is 285 g/mol. The second kappa shape index (κ2) is 6.23. The van der Waals surface area contributed by atoms with Crippen LogP contribution in [0.4, 0.5) is 5.95 Å². The molecule has 0 aliphatic carbocycles. The van der Waals surface area contributed by atoms with Crippen molar-refractivity contribution in [1.82, 2.24) is 9.97 Å². The lowest BCUT2D eigenvalue weighted by atomic mass is 10.1. The third-order valence-electron chi connectivity index (χ3n) is 2.92. The number of nitrogens with one attached hydrogen (secondary N) is 1. The average Bonchev–Trinajstić information content (AvgIpc) is 3.21. The van der Waals surface area contributed by atoms with Crippen molar-refractivity contribution >= 4 is 5.95 Å². The van der Waals surface area contributed by atoms with Crippen LogP contribution in [0.5, 0.6) is 0 Å². The first kappa shape index (κ1) is 13.4. The summed E-state index contributed by atoms with van der Waals surface area (Å²) in [5.41, 5.74) is 1.47. The normalized spacial score (nSPS) is 10.7. The molecule has 0 amide bonds. The number of furan rings is 2. The van der Waals surface area contributed by atoms with Crippen molar-refractivity contribution in [3.63, 3.8) is 0 Å². The van der Waals surface area contributed by atoms with Crippen LogP contribution in [0.2, 0.25) is 0 Å². The summed E-state index contributed by atoms with van der Waals surface area (Å²) in [6.07, 6.45) is 4.95. The predicted octanol–water partition coefficient (Wildman–Crippen LogP) is 3.05. The molecule has 3 aromatic heterocycles. The molecule has 0 radical (unpaired) electrons. The summed E-state index contributed by atoms with van der Waals surface area (Å²) in [4.78, 5) is 8.81. The van der Waals surface area contributed by atoms with E-state index in [9.17, 15) is 0 Å². The summed E-state index contributed by atoms with van der Waals surface area (Å²) >= 11 is 0. The lowest BCUT2D eigenvalue weighted by molar-refractivity contribution is 0.210. The Bertz CT molecular complexity index is 678. The molecule has 3 heterocycles. The van der Waals surface area contributed by atoms with Gasteiger partial charge in [-0.1, -0.05) is 0 Å². The summed E-state index contributed by atoms with van der Waals surface area (Å²) < 4.78 is 15.9. The highest BCUT2D eigenvalue weighted by Gasteiger charge is 2.15. The fourth-order valence-corrected chi connectivity index (χ4v) is 1.95. The first-order valence-electron chi connectivity index (χ1n) is 6.56. The Morgan fingerprint density at radius 1 is 1.14 bits per heavy atom. The van der Waals surface area contributed by atoms with Gasteiger partial charge in [0.25, 0.3) is 0 Å². The van der Waals surface area contributed by atoms with E-state index in [-0.39, 0.29) is 0 Å². The van der Waals surface area contributed by atoms with Crippen LogP contribution in [0.25, 0.3) is 22.8 Å². The number of nitrogens with zero attached hydrogens (tertiary/aromatic N) is 2. The Kier molecular flexibility index (Phi) is 3.97. The zero-order valence-electron chi connectivity index (χ0n) is 11.6. The van der Waals surface area contributed by atoms with Gasteiger partial charge in [-0.2, -0.15) is 0 Å². The van der Waals surface area contributed by atoms with Gasteiger partial charge in [-0.05, 0) is 24.3 Å². The van der Waals surface area contributed by atoms with Crippen LogP contribution < -0.4 is 5.32 Å². The number of methoxy groups -OCH3 is 1. The molecule has 6 nitrogen and oxygen atoms in total. The van der Waals surface area contributed by atoms with Crippen LogP contribution in [0.1, 0.15) is 0 Å². The molecular weight excluding hydrogens is 270 g/mol. The molecular formula is C15H15N3O3. The largest absolute Gasteiger partial charge is 0.464 e. The van der Waals surface area contributed by atoms with Crippen LogP contribution in [0.15, 0.2) is 51.8 Å². The first-order valence-corrected chi connectivity index (χ1v) is 6.56. The van der Waals surface area contributed by atoms with E-state index in [0.29, 0.717) is 36.3 Å². The minimum atomic E-state index is 0.522. The quantitative estimate of drug-likeness (QED) is 0.702. The van der Waals surface area contributed by atoms with Crippen molar-refractivity contribution in [3.8, 4) is 22.8 Å². The minimum absolute atomic E-state index is 0.522. The second-order valence-electron chi connectivity index (χ2n) is 4.33. The summed E-state index contributed by atoms with van der Waals surface area (Å²) in [6.45, 7) is 1.22. The molecule has 0 spiro atoms. The van der Waals surface area contributed by atoms with Crippen molar-refractivity contribution in [2.24, 2.45) is 0 Å². The van der Waals surface area contributed by atoms with Gasteiger partial charge in [-0.3, -0.25) is 0 Å². The van der Waals surface area contributed by atoms with E-state index in [0.717, 1.165) is 5.56 Å². The van der Waals surface area contributed by atoms with E-state index in [2.05, 4.69) is 15.3 Å². The monoisotopic (exact) mass is 285 g/mol. The molecule has 0 fully saturated rings. The lowest BCUT2D eigenvalue weighted by Crippen LogP contribution is -2.10. The molecule has 108 valence electrons. The van der Waals surface area contributed by atoms with Gasteiger partial charge in [0.15, 0.2) is 5.76 Å². The fourth-order valence-electron chi connectivity index (χ4n) is 1.95. The SMILES string of the molecule is COCCNc1ncc(-c2ccco2)c(-c2ccco2)n1. The van der Waals surface area contributed by atoms with E-state index in [1.54, 1.807) is 25.8 Å². The molecule has 0 saturated carbocycles. The van der Waals surface area contributed by atoms with Gasteiger partial charge < -0.3 is 18.9 Å². The number of anilines is 1. The Balaban J connectivity index is 1.97. The van der Waals surface area contributed by atoms with Crippen molar-refractivity contribution in [3.05, 3.63) is 43.0 Å². The van der Waals surface area contributed by atoms with Gasteiger partial charge in [0, 0.05) is 19.9 Å². The smallest absolute Gasteiger partial charge is 0.223 e. The summed E-state index contributed by atoms with van der Waals surface area (Å²) in [6, 6.07) is 7.37. The molecule has 0 atom stereocenters. The van der Waals surface area contributed by atoms with Gasteiger partial charge in [0.2, 0.25) is 5.95 Å². The highest BCUT2D eigenvalue weighted by Crippen LogP contribution is 2.31. The molecule has 1 N–H and O–H groups in total. The molecule has 0 aliphatic heterocycles. The fraction of sp³-hybridized carbons (Fsp3) is 0.200. The van der Waals surface area contributed by atoms with Gasteiger partial charge in [-0.25, -0.2) is 9.97 Å². The number of ether oxygens (including phenoxy) is 1. The van der Waals surface area contributed by atoms with Crippen LogP contribution in [-0.4, -0.2) is 30.2 Å². The van der Waals surface area contributed by atoms with E-state index >= 15 is 0 Å². The van der Waals surface area contributed by atoms with Gasteiger partial charge in [0.1, 0.15) is 11.5 Å². The highest BCUT2D eigenvalue weighted by molar-refractivity contribution is 5.75. The van der Waals surface area contributed by atoms with E-state index in [1.807, 2.05) is 24.3 Å².